The third-order valence-corrected chi connectivity index (χ3v) is 3.99. The zero-order valence-corrected chi connectivity index (χ0v) is 11.8. The summed E-state index contributed by atoms with van der Waals surface area (Å²) in [7, 11) is 2.08. The monoisotopic (exact) mass is 226 g/mol. The lowest BCUT2D eigenvalue weighted by molar-refractivity contribution is 0.0790. The molecule has 1 fully saturated rings. The summed E-state index contributed by atoms with van der Waals surface area (Å²) in [6.45, 7) is 13.1. The van der Waals surface area contributed by atoms with Gasteiger partial charge in [0.1, 0.15) is 0 Å². The highest BCUT2D eigenvalue weighted by Gasteiger charge is 2.38. The lowest BCUT2D eigenvalue weighted by atomic mass is 9.65. The SMILES string of the molecule is CCN(CCC1(C)CC(NC)C1)CC(C)C. The van der Waals surface area contributed by atoms with Crippen LogP contribution >= 0.6 is 0 Å². The van der Waals surface area contributed by atoms with E-state index >= 15 is 0 Å². The molecule has 0 unspecified atom stereocenters. The Bertz CT molecular complexity index is 195. The second-order valence-electron chi connectivity index (χ2n) is 6.24. The molecule has 0 heterocycles. The van der Waals surface area contributed by atoms with Crippen LogP contribution in [0.3, 0.4) is 0 Å². The Morgan fingerprint density at radius 1 is 1.38 bits per heavy atom. The molecular weight excluding hydrogens is 196 g/mol. The van der Waals surface area contributed by atoms with Crippen molar-refractivity contribution >= 4 is 0 Å². The lowest BCUT2D eigenvalue weighted by Gasteiger charge is -2.46. The van der Waals surface area contributed by atoms with Gasteiger partial charge in [-0.2, -0.15) is 0 Å². The van der Waals surface area contributed by atoms with Crippen LogP contribution in [0.1, 0.15) is 47.0 Å². The van der Waals surface area contributed by atoms with Crippen LogP contribution in [0.5, 0.6) is 0 Å². The number of hydrogen-bond donors (Lipinski definition) is 1. The molecule has 0 radical (unpaired) electrons. The van der Waals surface area contributed by atoms with Crippen molar-refractivity contribution in [2.45, 2.75) is 53.0 Å². The normalized spacial score (nSPS) is 29.8. The summed E-state index contributed by atoms with van der Waals surface area (Å²) in [5, 5.41) is 3.38. The molecule has 1 rings (SSSR count). The second kappa shape index (κ2) is 6.02. The van der Waals surface area contributed by atoms with Crippen molar-refractivity contribution in [1.29, 1.82) is 0 Å². The van der Waals surface area contributed by atoms with E-state index in [4.69, 9.17) is 0 Å². The van der Waals surface area contributed by atoms with Gasteiger partial charge in [0.05, 0.1) is 0 Å². The van der Waals surface area contributed by atoms with Crippen molar-refractivity contribution in [2.24, 2.45) is 11.3 Å². The number of nitrogens with zero attached hydrogens (tertiary/aromatic N) is 1. The van der Waals surface area contributed by atoms with Gasteiger partial charge in [0, 0.05) is 12.6 Å². The Morgan fingerprint density at radius 3 is 2.44 bits per heavy atom. The summed E-state index contributed by atoms with van der Waals surface area (Å²) in [4.78, 5) is 2.60. The van der Waals surface area contributed by atoms with Crippen molar-refractivity contribution in [3.05, 3.63) is 0 Å². The van der Waals surface area contributed by atoms with Crippen LogP contribution in [0.2, 0.25) is 0 Å². The Labute approximate surface area is 102 Å². The maximum atomic E-state index is 3.38. The summed E-state index contributed by atoms with van der Waals surface area (Å²) >= 11 is 0. The predicted molar refractivity (Wildman–Crippen MR) is 71.8 cm³/mol. The molecule has 1 N–H and O–H groups in total. The van der Waals surface area contributed by atoms with Gasteiger partial charge in [0.25, 0.3) is 0 Å². The molecule has 96 valence electrons. The average molecular weight is 226 g/mol. The molecule has 0 spiro atoms. The second-order valence-corrected chi connectivity index (χ2v) is 6.24. The fourth-order valence-electron chi connectivity index (χ4n) is 2.86. The van der Waals surface area contributed by atoms with Crippen molar-refractivity contribution < 1.29 is 0 Å². The van der Waals surface area contributed by atoms with Crippen molar-refractivity contribution in [1.82, 2.24) is 10.2 Å². The summed E-state index contributed by atoms with van der Waals surface area (Å²) < 4.78 is 0. The highest BCUT2D eigenvalue weighted by atomic mass is 15.1. The van der Waals surface area contributed by atoms with Gasteiger partial charge in [0.15, 0.2) is 0 Å². The fraction of sp³-hybridized carbons (Fsp3) is 1.00. The van der Waals surface area contributed by atoms with E-state index in [0.717, 1.165) is 12.0 Å². The van der Waals surface area contributed by atoms with Crippen molar-refractivity contribution in [3.8, 4) is 0 Å². The topological polar surface area (TPSA) is 15.3 Å². The first-order valence-corrected chi connectivity index (χ1v) is 6.88. The average Bonchev–Trinajstić information content (AvgIpc) is 2.19. The molecule has 0 amide bonds. The third-order valence-electron chi connectivity index (χ3n) is 3.99. The predicted octanol–water partition coefficient (Wildman–Crippen LogP) is 2.74. The van der Waals surface area contributed by atoms with Gasteiger partial charge in [0.2, 0.25) is 0 Å². The minimum absolute atomic E-state index is 0.609. The van der Waals surface area contributed by atoms with Gasteiger partial charge >= 0.3 is 0 Å². The molecule has 16 heavy (non-hydrogen) atoms. The standard InChI is InChI=1S/C14H30N2/c1-6-16(11-12(2)3)8-7-14(4)9-13(10-14)15-5/h12-13,15H,6-11H2,1-5H3. The first-order valence-electron chi connectivity index (χ1n) is 6.88. The quantitative estimate of drug-likeness (QED) is 0.718. The maximum absolute atomic E-state index is 3.38. The summed E-state index contributed by atoms with van der Waals surface area (Å²) in [6, 6.07) is 0.783. The van der Waals surface area contributed by atoms with Crippen LogP contribution in [0.15, 0.2) is 0 Å². The largest absolute Gasteiger partial charge is 0.317 e. The zero-order valence-electron chi connectivity index (χ0n) is 11.8. The van der Waals surface area contributed by atoms with Gasteiger partial charge < -0.3 is 10.2 Å². The number of hydrogen-bond acceptors (Lipinski definition) is 2. The summed E-state index contributed by atoms with van der Waals surface area (Å²) in [5.74, 6) is 0.791. The van der Waals surface area contributed by atoms with Crippen LogP contribution < -0.4 is 5.32 Å². The smallest absolute Gasteiger partial charge is 0.00744 e. The molecule has 0 bridgehead atoms. The molecular formula is C14H30N2. The van der Waals surface area contributed by atoms with E-state index in [0.29, 0.717) is 5.41 Å². The van der Waals surface area contributed by atoms with Crippen LogP contribution in [0.4, 0.5) is 0 Å². The first-order chi connectivity index (χ1) is 7.49. The van der Waals surface area contributed by atoms with E-state index in [9.17, 15) is 0 Å². The van der Waals surface area contributed by atoms with Gasteiger partial charge in [-0.15, -0.1) is 0 Å². The molecule has 2 nitrogen and oxygen atoms in total. The van der Waals surface area contributed by atoms with E-state index in [-0.39, 0.29) is 0 Å². The van der Waals surface area contributed by atoms with Crippen molar-refractivity contribution in [3.63, 3.8) is 0 Å². The zero-order chi connectivity index (χ0) is 12.2. The Kier molecular flexibility index (Phi) is 5.26. The Morgan fingerprint density at radius 2 is 2.00 bits per heavy atom. The van der Waals surface area contributed by atoms with E-state index in [1.807, 2.05) is 0 Å². The Balaban J connectivity index is 2.22. The maximum Gasteiger partial charge on any atom is 0.00744 e. The summed E-state index contributed by atoms with van der Waals surface area (Å²) in [6.07, 6.45) is 4.09. The highest BCUT2D eigenvalue weighted by molar-refractivity contribution is 4.94. The van der Waals surface area contributed by atoms with E-state index in [1.165, 1.54) is 38.9 Å². The Hall–Kier alpha value is -0.0800. The minimum atomic E-state index is 0.609. The first kappa shape index (κ1) is 14.0. The van der Waals surface area contributed by atoms with Gasteiger partial charge in [-0.1, -0.05) is 27.7 Å². The molecule has 1 saturated carbocycles. The fourth-order valence-corrected chi connectivity index (χ4v) is 2.86. The molecule has 0 atom stereocenters. The molecule has 0 aromatic carbocycles. The molecule has 0 saturated heterocycles. The van der Waals surface area contributed by atoms with Crippen molar-refractivity contribution in [2.75, 3.05) is 26.7 Å². The molecule has 0 aliphatic heterocycles. The lowest BCUT2D eigenvalue weighted by Crippen LogP contribution is -2.47. The van der Waals surface area contributed by atoms with Crippen LogP contribution in [0.25, 0.3) is 0 Å². The van der Waals surface area contributed by atoms with E-state index < -0.39 is 0 Å². The number of nitrogens with one attached hydrogen (secondary N) is 1. The van der Waals surface area contributed by atoms with E-state index in [2.05, 4.69) is 45.0 Å². The van der Waals surface area contributed by atoms with Crippen LogP contribution in [-0.2, 0) is 0 Å². The molecule has 0 aromatic rings. The third kappa shape index (κ3) is 4.06. The highest BCUT2D eigenvalue weighted by Crippen LogP contribution is 2.43. The minimum Gasteiger partial charge on any atom is -0.317 e. The van der Waals surface area contributed by atoms with Crippen LogP contribution in [-0.4, -0.2) is 37.6 Å². The van der Waals surface area contributed by atoms with E-state index in [1.54, 1.807) is 0 Å². The molecule has 1 aliphatic carbocycles. The number of rotatable bonds is 7. The van der Waals surface area contributed by atoms with Gasteiger partial charge in [-0.3, -0.25) is 0 Å². The van der Waals surface area contributed by atoms with Gasteiger partial charge in [-0.25, -0.2) is 0 Å². The molecule has 2 heteroatoms. The molecule has 0 aromatic heterocycles. The van der Waals surface area contributed by atoms with Gasteiger partial charge in [-0.05, 0) is 50.7 Å². The summed E-state index contributed by atoms with van der Waals surface area (Å²) in [5.41, 5.74) is 0.609. The van der Waals surface area contributed by atoms with Crippen LogP contribution in [0, 0.1) is 11.3 Å². The molecule has 1 aliphatic rings.